The molecule has 1 aliphatic rings. The van der Waals surface area contributed by atoms with Gasteiger partial charge in [0.25, 0.3) is 5.91 Å². The van der Waals surface area contributed by atoms with Crippen LogP contribution < -0.4 is 4.90 Å². The Morgan fingerprint density at radius 1 is 1.22 bits per heavy atom. The molecule has 1 heterocycles. The summed E-state index contributed by atoms with van der Waals surface area (Å²) < 4.78 is 5.88. The van der Waals surface area contributed by atoms with Crippen molar-refractivity contribution >= 4 is 25.4 Å². The molecule has 32 heavy (non-hydrogen) atoms. The number of benzene rings is 1. The fourth-order valence-corrected chi connectivity index (χ4v) is 4.16. The summed E-state index contributed by atoms with van der Waals surface area (Å²) in [7, 11) is 2.90. The minimum absolute atomic E-state index is 0.0194. The highest BCUT2D eigenvalue weighted by Gasteiger charge is 2.27. The monoisotopic (exact) mass is 455 g/mol. The van der Waals surface area contributed by atoms with Crippen LogP contribution in [0.1, 0.15) is 26.3 Å². The zero-order valence-electron chi connectivity index (χ0n) is 21.2. The van der Waals surface area contributed by atoms with Crippen LogP contribution in [0.25, 0.3) is 0 Å². The van der Waals surface area contributed by atoms with E-state index in [4.69, 9.17) is 9.73 Å². The Morgan fingerprint density at radius 3 is 2.56 bits per heavy atom. The van der Waals surface area contributed by atoms with Gasteiger partial charge < -0.3 is 14.5 Å². The average molecular weight is 456 g/mol. The highest BCUT2D eigenvalue weighted by Crippen LogP contribution is 2.26. The number of ether oxygens (including phenoxy) is 1. The molecule has 1 aliphatic heterocycles. The number of rotatable bonds is 10. The van der Waals surface area contributed by atoms with Crippen molar-refractivity contribution in [2.24, 2.45) is 4.99 Å². The molecule has 1 aromatic carbocycles. The van der Waals surface area contributed by atoms with E-state index in [1.165, 1.54) is 6.04 Å². The molecule has 0 radical (unpaired) electrons. The first-order chi connectivity index (χ1) is 14.9. The fourth-order valence-electron chi connectivity index (χ4n) is 3.40. The molecule has 5 nitrogen and oxygen atoms in total. The zero-order valence-corrected chi connectivity index (χ0v) is 22.2. The maximum absolute atomic E-state index is 13.0. The number of allylic oxidation sites excluding steroid dienone is 1. The molecule has 1 unspecified atom stereocenters. The van der Waals surface area contributed by atoms with Crippen LogP contribution in [-0.4, -0.2) is 70.0 Å². The van der Waals surface area contributed by atoms with Gasteiger partial charge in [-0.1, -0.05) is 43.9 Å². The lowest BCUT2D eigenvalue weighted by Crippen LogP contribution is -2.45. The third-order valence-corrected chi connectivity index (χ3v) is 6.79. The Kier molecular flexibility index (Phi) is 9.19. The van der Waals surface area contributed by atoms with Crippen molar-refractivity contribution in [2.45, 2.75) is 58.0 Å². The molecular formula is C26H41N3O2Si. The van der Waals surface area contributed by atoms with Crippen molar-refractivity contribution in [3.63, 3.8) is 0 Å². The minimum Gasteiger partial charge on any atom is -0.379 e. The van der Waals surface area contributed by atoms with E-state index in [0.29, 0.717) is 6.61 Å². The fraction of sp³-hybridized carbons (Fsp3) is 0.538. The molecule has 0 bridgehead atoms. The Balaban J connectivity index is 2.13. The van der Waals surface area contributed by atoms with Gasteiger partial charge in [0.15, 0.2) is 0 Å². The van der Waals surface area contributed by atoms with Crippen LogP contribution in [0.3, 0.4) is 0 Å². The van der Waals surface area contributed by atoms with Crippen molar-refractivity contribution in [2.75, 3.05) is 38.8 Å². The maximum Gasteiger partial charge on any atom is 0.251 e. The first kappa shape index (κ1) is 26.2. The standard InChI is InChI=1S/C26H41N3O2Si/c1-26(2,3)29(25(30)13-10-16-28(4)5)23-12-9-11-21(19-23)24-15-14-22(27-24)20-31-17-18-32(6,7)8/h9-15,19,22H,16-18,20H2,1-8H3. The molecule has 1 amide bonds. The summed E-state index contributed by atoms with van der Waals surface area (Å²) in [5.41, 5.74) is 2.48. The SMILES string of the molecule is CN(C)CC=CC(=O)N(c1cccc(C2=NC(COCC[Si](C)(C)C)C=C2)c1)C(C)(C)C. The average Bonchev–Trinajstić information content (AvgIpc) is 3.12. The van der Waals surface area contributed by atoms with Gasteiger partial charge in [0.05, 0.1) is 18.4 Å². The molecule has 176 valence electrons. The summed E-state index contributed by atoms with van der Waals surface area (Å²) in [4.78, 5) is 21.7. The summed E-state index contributed by atoms with van der Waals surface area (Å²) in [6, 6.07) is 9.32. The Hall–Kier alpha value is -2.02. The lowest BCUT2D eigenvalue weighted by Gasteiger charge is -2.35. The summed E-state index contributed by atoms with van der Waals surface area (Å²) in [6.45, 7) is 15.4. The van der Waals surface area contributed by atoms with Crippen LogP contribution in [0.4, 0.5) is 5.69 Å². The molecule has 6 heteroatoms. The molecule has 0 fully saturated rings. The molecule has 0 saturated heterocycles. The molecular weight excluding hydrogens is 414 g/mol. The van der Waals surface area contributed by atoms with Gasteiger partial charge in [0.2, 0.25) is 0 Å². The van der Waals surface area contributed by atoms with Crippen molar-refractivity contribution in [3.05, 3.63) is 54.1 Å². The molecule has 0 spiro atoms. The summed E-state index contributed by atoms with van der Waals surface area (Å²) in [5.74, 6) is -0.0194. The van der Waals surface area contributed by atoms with Gasteiger partial charge in [-0.3, -0.25) is 9.79 Å². The topological polar surface area (TPSA) is 45.1 Å². The highest BCUT2D eigenvalue weighted by molar-refractivity contribution is 6.76. The van der Waals surface area contributed by atoms with Crippen molar-refractivity contribution in [1.82, 2.24) is 4.90 Å². The van der Waals surface area contributed by atoms with Gasteiger partial charge in [0, 0.05) is 44.1 Å². The second-order valence-corrected chi connectivity index (χ2v) is 16.5. The number of nitrogens with zero attached hydrogens (tertiary/aromatic N) is 3. The van der Waals surface area contributed by atoms with E-state index in [0.717, 1.165) is 30.1 Å². The zero-order chi connectivity index (χ0) is 23.9. The molecule has 0 aliphatic carbocycles. The predicted molar refractivity (Wildman–Crippen MR) is 140 cm³/mol. The number of aliphatic imine (C=N–C) groups is 1. The van der Waals surface area contributed by atoms with E-state index < -0.39 is 8.07 Å². The van der Waals surface area contributed by atoms with E-state index in [1.54, 1.807) is 6.08 Å². The van der Waals surface area contributed by atoms with Gasteiger partial charge >= 0.3 is 0 Å². The lowest BCUT2D eigenvalue weighted by atomic mass is 10.0. The number of hydrogen-bond acceptors (Lipinski definition) is 4. The quantitative estimate of drug-likeness (QED) is 0.283. The largest absolute Gasteiger partial charge is 0.379 e. The first-order valence-corrected chi connectivity index (χ1v) is 15.2. The van der Waals surface area contributed by atoms with Gasteiger partial charge in [0.1, 0.15) is 0 Å². The molecule has 0 saturated carbocycles. The van der Waals surface area contributed by atoms with Crippen LogP contribution in [0.15, 0.2) is 53.6 Å². The molecule has 1 atom stereocenters. The number of amides is 1. The van der Waals surface area contributed by atoms with Crippen LogP contribution in [0, 0.1) is 0 Å². The highest BCUT2D eigenvalue weighted by atomic mass is 28.3. The first-order valence-electron chi connectivity index (χ1n) is 11.5. The van der Waals surface area contributed by atoms with Crippen molar-refractivity contribution < 1.29 is 9.53 Å². The smallest absolute Gasteiger partial charge is 0.251 e. The third kappa shape index (κ3) is 8.49. The number of anilines is 1. The molecule has 1 aromatic rings. The minimum atomic E-state index is -1.07. The Labute approximate surface area is 195 Å². The van der Waals surface area contributed by atoms with Crippen LogP contribution in [0.2, 0.25) is 25.7 Å². The van der Waals surface area contributed by atoms with Crippen molar-refractivity contribution in [3.8, 4) is 0 Å². The van der Waals surface area contributed by atoms with E-state index in [2.05, 4.69) is 58.6 Å². The van der Waals surface area contributed by atoms with E-state index in [1.807, 2.05) is 48.2 Å². The molecule has 0 aromatic heterocycles. The predicted octanol–water partition coefficient (Wildman–Crippen LogP) is 5.02. The maximum atomic E-state index is 13.0. The van der Waals surface area contributed by atoms with Gasteiger partial charge in [-0.05, 0) is 59.1 Å². The van der Waals surface area contributed by atoms with Crippen LogP contribution in [0.5, 0.6) is 0 Å². The number of carbonyl (C=O) groups excluding carboxylic acids is 1. The number of hydrogen-bond donors (Lipinski definition) is 0. The Bertz CT molecular complexity index is 861. The van der Waals surface area contributed by atoms with Crippen LogP contribution >= 0.6 is 0 Å². The molecule has 2 rings (SSSR count). The van der Waals surface area contributed by atoms with E-state index >= 15 is 0 Å². The lowest BCUT2D eigenvalue weighted by molar-refractivity contribution is -0.115. The third-order valence-electron chi connectivity index (χ3n) is 5.09. The second kappa shape index (κ2) is 11.2. The summed E-state index contributed by atoms with van der Waals surface area (Å²) in [5, 5.41) is 0. The van der Waals surface area contributed by atoms with Crippen LogP contribution in [-0.2, 0) is 9.53 Å². The van der Waals surface area contributed by atoms with Gasteiger partial charge in [-0.2, -0.15) is 0 Å². The number of likely N-dealkylation sites (N-methyl/N-ethyl adjacent to an activating group) is 1. The van der Waals surface area contributed by atoms with E-state index in [-0.39, 0.29) is 17.5 Å². The van der Waals surface area contributed by atoms with Gasteiger partial charge in [-0.25, -0.2) is 0 Å². The molecule has 0 N–H and O–H groups in total. The van der Waals surface area contributed by atoms with E-state index in [9.17, 15) is 4.79 Å². The normalized spacial score (nSPS) is 16.8. The van der Waals surface area contributed by atoms with Crippen molar-refractivity contribution in [1.29, 1.82) is 0 Å². The van der Waals surface area contributed by atoms with Gasteiger partial charge in [-0.15, -0.1) is 0 Å². The second-order valence-electron chi connectivity index (χ2n) is 10.9. The Morgan fingerprint density at radius 2 is 1.94 bits per heavy atom. The summed E-state index contributed by atoms with van der Waals surface area (Å²) in [6.07, 6.45) is 7.74. The number of carbonyl (C=O) groups is 1. The summed E-state index contributed by atoms with van der Waals surface area (Å²) >= 11 is 0.